The molecule has 3 heterocycles. The van der Waals surface area contributed by atoms with E-state index in [0.717, 1.165) is 11.6 Å². The molecule has 2 aromatic carbocycles. The molecule has 5 aromatic rings. The summed E-state index contributed by atoms with van der Waals surface area (Å²) in [7, 11) is 1.80. The normalized spacial score (nSPS) is 11.9. The third-order valence-corrected chi connectivity index (χ3v) is 5.50. The summed E-state index contributed by atoms with van der Waals surface area (Å²) in [5, 5.41) is 17.9. The summed E-state index contributed by atoms with van der Waals surface area (Å²) in [5.41, 5.74) is 1.06. The molecule has 0 aliphatic carbocycles. The predicted molar refractivity (Wildman–Crippen MR) is 119 cm³/mol. The van der Waals surface area contributed by atoms with E-state index in [1.165, 1.54) is 12.3 Å². The van der Waals surface area contributed by atoms with Gasteiger partial charge in [0, 0.05) is 23.8 Å². The van der Waals surface area contributed by atoms with E-state index in [9.17, 15) is 18.3 Å². The Morgan fingerprint density at radius 2 is 1.91 bits per heavy atom. The first kappa shape index (κ1) is 22.1. The van der Waals surface area contributed by atoms with Crippen LogP contribution in [-0.4, -0.2) is 29.8 Å². The Balaban J connectivity index is 1.65. The molecule has 0 bridgehead atoms. The Morgan fingerprint density at radius 1 is 1.09 bits per heavy atom. The highest BCUT2D eigenvalue weighted by atomic mass is 35.5. The summed E-state index contributed by atoms with van der Waals surface area (Å²) in [5.74, 6) is 0.510. The van der Waals surface area contributed by atoms with Crippen molar-refractivity contribution < 1.29 is 22.7 Å². The number of halogens is 4. The van der Waals surface area contributed by atoms with Crippen LogP contribution in [0.15, 0.2) is 59.4 Å². The highest BCUT2D eigenvalue weighted by Gasteiger charge is 2.35. The van der Waals surface area contributed by atoms with Gasteiger partial charge in [-0.1, -0.05) is 17.7 Å². The fraction of sp³-hybridized carbons (Fsp3) is 0.130. The van der Waals surface area contributed by atoms with Gasteiger partial charge in [-0.3, -0.25) is 4.98 Å². The smallest absolute Gasteiger partial charge is 0.420 e. The number of aromatic nitrogens is 5. The molecular formula is C23H15ClF3N5O2. The average molecular weight is 486 g/mol. The summed E-state index contributed by atoms with van der Waals surface area (Å²) < 4.78 is 48.0. The number of aliphatic hydroxyl groups is 1. The SMILES string of the molecule is Cn1cnnc1-c1cc(Cl)ccc1-c1ccnc(-c2nc3cc(CO)cc(C(F)(F)F)c3o2)c1. The summed E-state index contributed by atoms with van der Waals surface area (Å²) >= 11 is 6.22. The molecule has 172 valence electrons. The van der Waals surface area contributed by atoms with Gasteiger partial charge in [0.15, 0.2) is 11.4 Å². The van der Waals surface area contributed by atoms with Crippen LogP contribution in [0.25, 0.3) is 45.2 Å². The fourth-order valence-corrected chi connectivity index (χ4v) is 3.87. The lowest BCUT2D eigenvalue weighted by atomic mass is 9.99. The minimum Gasteiger partial charge on any atom is -0.434 e. The predicted octanol–water partition coefficient (Wildman–Crippen LogP) is 5.52. The Bertz CT molecular complexity index is 1530. The lowest BCUT2D eigenvalue weighted by Gasteiger charge is -2.10. The zero-order valence-corrected chi connectivity index (χ0v) is 18.3. The number of nitrogens with zero attached hydrogens (tertiary/aromatic N) is 5. The molecule has 0 amide bonds. The molecular weight excluding hydrogens is 471 g/mol. The molecule has 11 heteroatoms. The maximum atomic E-state index is 13.6. The highest BCUT2D eigenvalue weighted by Crippen LogP contribution is 2.38. The third-order valence-electron chi connectivity index (χ3n) is 5.26. The van der Waals surface area contributed by atoms with Crippen molar-refractivity contribution in [1.29, 1.82) is 0 Å². The van der Waals surface area contributed by atoms with E-state index < -0.39 is 23.9 Å². The van der Waals surface area contributed by atoms with Crippen molar-refractivity contribution in [1.82, 2.24) is 24.7 Å². The van der Waals surface area contributed by atoms with Crippen molar-refractivity contribution in [2.45, 2.75) is 12.8 Å². The molecule has 0 aliphatic rings. The maximum Gasteiger partial charge on any atom is 0.420 e. The molecule has 0 fully saturated rings. The van der Waals surface area contributed by atoms with Crippen LogP contribution >= 0.6 is 11.6 Å². The molecule has 1 N–H and O–H groups in total. The second-order valence-corrected chi connectivity index (χ2v) is 7.99. The second-order valence-electron chi connectivity index (χ2n) is 7.55. The number of hydrogen-bond acceptors (Lipinski definition) is 6. The second kappa shape index (κ2) is 8.23. The molecule has 3 aromatic heterocycles. The van der Waals surface area contributed by atoms with Crippen LogP contribution in [0, 0.1) is 0 Å². The number of pyridine rings is 1. The zero-order valence-electron chi connectivity index (χ0n) is 17.5. The van der Waals surface area contributed by atoms with Gasteiger partial charge in [0.2, 0.25) is 5.89 Å². The van der Waals surface area contributed by atoms with Crippen LogP contribution in [0.4, 0.5) is 13.2 Å². The Hall–Kier alpha value is -3.76. The maximum absolute atomic E-state index is 13.6. The monoisotopic (exact) mass is 485 g/mol. The van der Waals surface area contributed by atoms with Crippen molar-refractivity contribution in [3.8, 4) is 34.1 Å². The van der Waals surface area contributed by atoms with Gasteiger partial charge in [-0.25, -0.2) is 4.98 Å². The topological polar surface area (TPSA) is 89.9 Å². The summed E-state index contributed by atoms with van der Waals surface area (Å²) in [6.07, 6.45) is -1.60. The summed E-state index contributed by atoms with van der Waals surface area (Å²) in [6, 6.07) is 10.9. The number of oxazole rings is 1. The average Bonchev–Trinajstić information content (AvgIpc) is 3.43. The number of rotatable bonds is 4. The molecule has 0 saturated heterocycles. The Labute approximate surface area is 195 Å². The van der Waals surface area contributed by atoms with E-state index in [2.05, 4.69) is 20.2 Å². The largest absolute Gasteiger partial charge is 0.434 e. The van der Waals surface area contributed by atoms with E-state index in [1.54, 1.807) is 42.2 Å². The standard InChI is InChI=1S/C23H15ClF3N5O2/c1-32-11-29-31-21(32)16-9-14(24)2-3-15(16)13-4-5-28-19(8-13)22-30-18-7-12(10-33)6-17(20(18)34-22)23(25,26)27/h2-9,11,33H,10H2,1H3. The van der Waals surface area contributed by atoms with Gasteiger partial charge < -0.3 is 14.1 Å². The zero-order chi connectivity index (χ0) is 24.0. The van der Waals surface area contributed by atoms with Gasteiger partial charge in [0.1, 0.15) is 23.1 Å². The van der Waals surface area contributed by atoms with Crippen molar-refractivity contribution in [2.75, 3.05) is 0 Å². The van der Waals surface area contributed by atoms with Crippen LogP contribution in [0.3, 0.4) is 0 Å². The minimum atomic E-state index is -4.68. The van der Waals surface area contributed by atoms with Crippen LogP contribution in [0.5, 0.6) is 0 Å². The number of benzene rings is 2. The summed E-state index contributed by atoms with van der Waals surface area (Å²) in [6.45, 7) is -0.559. The number of aliphatic hydroxyl groups excluding tert-OH is 1. The Kier molecular flexibility index (Phi) is 5.34. The van der Waals surface area contributed by atoms with E-state index in [-0.39, 0.29) is 22.7 Å². The summed E-state index contributed by atoms with van der Waals surface area (Å²) in [4.78, 5) is 8.46. The van der Waals surface area contributed by atoms with Crippen molar-refractivity contribution >= 4 is 22.7 Å². The molecule has 0 radical (unpaired) electrons. The molecule has 0 aliphatic heterocycles. The number of alkyl halides is 3. The molecule has 0 spiro atoms. The van der Waals surface area contributed by atoms with Crippen molar-refractivity contribution in [3.63, 3.8) is 0 Å². The third kappa shape index (κ3) is 3.91. The molecule has 34 heavy (non-hydrogen) atoms. The Morgan fingerprint density at radius 3 is 2.62 bits per heavy atom. The highest BCUT2D eigenvalue weighted by molar-refractivity contribution is 6.31. The van der Waals surface area contributed by atoms with Crippen LogP contribution in [0.1, 0.15) is 11.1 Å². The first-order chi connectivity index (χ1) is 16.2. The van der Waals surface area contributed by atoms with E-state index in [4.69, 9.17) is 16.0 Å². The minimum absolute atomic E-state index is 0.0210. The molecule has 5 rings (SSSR count). The lowest BCUT2D eigenvalue weighted by Crippen LogP contribution is -2.06. The van der Waals surface area contributed by atoms with Gasteiger partial charge in [-0.2, -0.15) is 13.2 Å². The van der Waals surface area contributed by atoms with Crippen LogP contribution < -0.4 is 0 Å². The van der Waals surface area contributed by atoms with Gasteiger partial charge >= 0.3 is 6.18 Å². The van der Waals surface area contributed by atoms with Crippen molar-refractivity contribution in [3.05, 3.63) is 71.1 Å². The molecule has 0 saturated carbocycles. The van der Waals surface area contributed by atoms with Crippen LogP contribution in [-0.2, 0) is 19.8 Å². The van der Waals surface area contributed by atoms with E-state index in [0.29, 0.717) is 22.0 Å². The van der Waals surface area contributed by atoms with Gasteiger partial charge in [0.25, 0.3) is 0 Å². The molecule has 0 atom stereocenters. The van der Waals surface area contributed by atoms with Gasteiger partial charge in [-0.05, 0) is 53.1 Å². The quantitative estimate of drug-likeness (QED) is 0.360. The van der Waals surface area contributed by atoms with E-state index in [1.807, 2.05) is 6.07 Å². The van der Waals surface area contributed by atoms with Gasteiger partial charge in [-0.15, -0.1) is 10.2 Å². The van der Waals surface area contributed by atoms with E-state index >= 15 is 0 Å². The molecule has 7 nitrogen and oxygen atoms in total. The van der Waals surface area contributed by atoms with Crippen molar-refractivity contribution in [2.24, 2.45) is 7.05 Å². The molecule has 0 unspecified atom stereocenters. The first-order valence-corrected chi connectivity index (χ1v) is 10.3. The fourth-order valence-electron chi connectivity index (χ4n) is 3.70. The van der Waals surface area contributed by atoms with Gasteiger partial charge in [0.05, 0.1) is 6.61 Å². The lowest BCUT2D eigenvalue weighted by molar-refractivity contribution is -0.136. The number of aryl methyl sites for hydroxylation is 1. The number of hydrogen-bond donors (Lipinski definition) is 1. The van der Waals surface area contributed by atoms with Crippen LogP contribution in [0.2, 0.25) is 5.02 Å². The first-order valence-electron chi connectivity index (χ1n) is 9.97. The number of fused-ring (bicyclic) bond motifs is 1.